The molecular weight excluding hydrogens is 449 g/mol. The number of carbonyl (C=O) groups is 1. The van der Waals surface area contributed by atoms with Crippen molar-refractivity contribution in [2.24, 2.45) is 0 Å². The number of benzene rings is 2. The SMILES string of the molecule is CC(C)(C)OC(=O)NC1CCCOc2c1nn(-c1ccccc1Cl)c2-c1ccc(Cl)cc1. The number of nitrogens with zero attached hydrogens (tertiary/aromatic N) is 2. The van der Waals surface area contributed by atoms with E-state index in [0.29, 0.717) is 40.2 Å². The van der Waals surface area contributed by atoms with Crippen LogP contribution in [0.4, 0.5) is 4.79 Å². The highest BCUT2D eigenvalue weighted by Gasteiger charge is 2.32. The van der Waals surface area contributed by atoms with Gasteiger partial charge in [-0.1, -0.05) is 47.5 Å². The number of hydrogen-bond acceptors (Lipinski definition) is 4. The lowest BCUT2D eigenvalue weighted by Crippen LogP contribution is -2.35. The molecule has 2 heterocycles. The Kier molecular flexibility index (Phi) is 6.35. The lowest BCUT2D eigenvalue weighted by atomic mass is 10.1. The van der Waals surface area contributed by atoms with Crippen LogP contribution in [0.25, 0.3) is 16.9 Å². The fourth-order valence-corrected chi connectivity index (χ4v) is 3.98. The minimum atomic E-state index is -0.598. The van der Waals surface area contributed by atoms with E-state index in [0.717, 1.165) is 17.7 Å². The maximum atomic E-state index is 12.5. The van der Waals surface area contributed by atoms with E-state index in [2.05, 4.69) is 5.32 Å². The second-order valence-corrected chi connectivity index (χ2v) is 9.47. The summed E-state index contributed by atoms with van der Waals surface area (Å²) >= 11 is 12.6. The van der Waals surface area contributed by atoms with Crippen molar-refractivity contribution in [3.05, 3.63) is 64.3 Å². The molecule has 6 nitrogen and oxygen atoms in total. The summed E-state index contributed by atoms with van der Waals surface area (Å²) in [4.78, 5) is 12.5. The van der Waals surface area contributed by atoms with E-state index in [1.54, 1.807) is 4.68 Å². The Bertz CT molecular complexity index is 1120. The van der Waals surface area contributed by atoms with Crippen LogP contribution in [0, 0.1) is 0 Å². The summed E-state index contributed by atoms with van der Waals surface area (Å²) in [5, 5.41) is 9.03. The van der Waals surface area contributed by atoms with Crippen LogP contribution in [-0.2, 0) is 4.74 Å². The van der Waals surface area contributed by atoms with E-state index in [1.165, 1.54) is 0 Å². The van der Waals surface area contributed by atoms with E-state index >= 15 is 0 Å². The number of carbonyl (C=O) groups excluding carboxylic acids is 1. The van der Waals surface area contributed by atoms with Gasteiger partial charge in [-0.05, 0) is 57.9 Å². The monoisotopic (exact) mass is 473 g/mol. The average molecular weight is 474 g/mol. The van der Waals surface area contributed by atoms with E-state index < -0.39 is 11.7 Å². The molecule has 8 heteroatoms. The molecule has 168 valence electrons. The molecule has 0 saturated carbocycles. The maximum absolute atomic E-state index is 12.5. The van der Waals surface area contributed by atoms with E-state index in [4.69, 9.17) is 37.8 Å². The van der Waals surface area contributed by atoms with Crippen LogP contribution < -0.4 is 10.1 Å². The quantitative estimate of drug-likeness (QED) is 0.466. The highest BCUT2D eigenvalue weighted by molar-refractivity contribution is 6.32. The average Bonchev–Trinajstić information content (AvgIpc) is 2.98. The first-order valence-electron chi connectivity index (χ1n) is 10.5. The number of alkyl carbamates (subject to hydrolysis) is 1. The molecule has 0 fully saturated rings. The topological polar surface area (TPSA) is 65.4 Å². The van der Waals surface area contributed by atoms with Gasteiger partial charge in [0.2, 0.25) is 0 Å². The fraction of sp³-hybridized carbons (Fsp3) is 0.333. The van der Waals surface area contributed by atoms with Gasteiger partial charge in [-0.2, -0.15) is 5.10 Å². The molecule has 2 aromatic carbocycles. The molecule has 32 heavy (non-hydrogen) atoms. The molecular formula is C24H25Cl2N3O3. The molecule has 1 atom stereocenters. The summed E-state index contributed by atoms with van der Waals surface area (Å²) in [6.07, 6.45) is 0.949. The van der Waals surface area contributed by atoms with Crippen molar-refractivity contribution in [1.82, 2.24) is 15.1 Å². The third-order valence-electron chi connectivity index (χ3n) is 4.97. The minimum absolute atomic E-state index is 0.364. The van der Waals surface area contributed by atoms with Crippen LogP contribution >= 0.6 is 23.2 Å². The molecule has 0 spiro atoms. The molecule has 1 unspecified atom stereocenters. The third kappa shape index (κ3) is 4.87. The Balaban J connectivity index is 1.84. The smallest absolute Gasteiger partial charge is 0.408 e. The lowest BCUT2D eigenvalue weighted by molar-refractivity contribution is 0.0500. The number of amides is 1. The van der Waals surface area contributed by atoms with E-state index in [9.17, 15) is 4.79 Å². The van der Waals surface area contributed by atoms with Crippen LogP contribution in [0.15, 0.2) is 48.5 Å². The fourth-order valence-electron chi connectivity index (χ4n) is 3.64. The predicted octanol–water partition coefficient (Wildman–Crippen LogP) is 6.58. The molecule has 1 aliphatic heterocycles. The third-order valence-corrected chi connectivity index (χ3v) is 5.54. The van der Waals surface area contributed by atoms with Gasteiger partial charge < -0.3 is 14.8 Å². The molecule has 3 aromatic rings. The van der Waals surface area contributed by atoms with Crippen LogP contribution in [0.1, 0.15) is 45.3 Å². The second kappa shape index (κ2) is 9.04. The minimum Gasteiger partial charge on any atom is -0.489 e. The molecule has 4 rings (SSSR count). The van der Waals surface area contributed by atoms with Crippen LogP contribution in [0.3, 0.4) is 0 Å². The summed E-state index contributed by atoms with van der Waals surface area (Å²) < 4.78 is 13.4. The standard InChI is InChI=1S/C24H25Cl2N3O3/c1-24(2,3)32-23(30)27-18-8-6-14-31-22-20(18)28-29(19-9-5-4-7-17(19)26)21(22)15-10-12-16(25)13-11-15/h4-5,7,9-13,18H,6,8,14H2,1-3H3,(H,27,30). The van der Waals surface area contributed by atoms with Crippen molar-refractivity contribution in [3.63, 3.8) is 0 Å². The van der Waals surface area contributed by atoms with Crippen molar-refractivity contribution in [2.45, 2.75) is 45.3 Å². The first kappa shape index (κ1) is 22.5. The summed E-state index contributed by atoms with van der Waals surface area (Å²) in [5.41, 5.74) is 2.38. The normalized spacial score (nSPS) is 16.0. The number of halogens is 2. The number of nitrogens with one attached hydrogen (secondary N) is 1. The molecule has 0 radical (unpaired) electrons. The Labute approximate surface area is 197 Å². The molecule has 1 aliphatic rings. The van der Waals surface area contributed by atoms with Crippen molar-refractivity contribution in [3.8, 4) is 22.7 Å². The van der Waals surface area contributed by atoms with Crippen LogP contribution in [0.5, 0.6) is 5.75 Å². The molecule has 0 aliphatic carbocycles. The maximum Gasteiger partial charge on any atom is 0.408 e. The highest BCUT2D eigenvalue weighted by Crippen LogP contribution is 2.42. The van der Waals surface area contributed by atoms with Crippen molar-refractivity contribution < 1.29 is 14.3 Å². The van der Waals surface area contributed by atoms with E-state index in [1.807, 2.05) is 69.3 Å². The van der Waals surface area contributed by atoms with Crippen molar-refractivity contribution in [1.29, 1.82) is 0 Å². The Morgan fingerprint density at radius 3 is 2.56 bits per heavy atom. The number of rotatable bonds is 3. The summed E-state index contributed by atoms with van der Waals surface area (Å²) in [6.45, 7) is 6.01. The van der Waals surface area contributed by atoms with Gasteiger partial charge in [0.25, 0.3) is 0 Å². The first-order valence-corrected chi connectivity index (χ1v) is 11.2. The molecule has 1 N–H and O–H groups in total. The van der Waals surface area contributed by atoms with Gasteiger partial charge in [-0.3, -0.25) is 0 Å². The molecule has 0 saturated heterocycles. The number of aromatic nitrogens is 2. The number of fused-ring (bicyclic) bond motifs is 1. The first-order chi connectivity index (χ1) is 15.2. The summed E-state index contributed by atoms with van der Waals surface area (Å²) in [6, 6.07) is 14.6. The van der Waals surface area contributed by atoms with Crippen LogP contribution in [0.2, 0.25) is 10.0 Å². The van der Waals surface area contributed by atoms with Crippen LogP contribution in [-0.4, -0.2) is 28.1 Å². The Morgan fingerprint density at radius 2 is 1.88 bits per heavy atom. The van der Waals surface area contributed by atoms with Crippen molar-refractivity contribution in [2.75, 3.05) is 6.61 Å². The zero-order valence-corrected chi connectivity index (χ0v) is 19.7. The lowest BCUT2D eigenvalue weighted by Gasteiger charge is -2.22. The predicted molar refractivity (Wildman–Crippen MR) is 126 cm³/mol. The van der Waals surface area contributed by atoms with Gasteiger partial charge in [0.15, 0.2) is 5.75 Å². The Hall–Kier alpha value is -2.70. The van der Waals surface area contributed by atoms with Gasteiger partial charge >= 0.3 is 6.09 Å². The van der Waals surface area contributed by atoms with Crippen molar-refractivity contribution >= 4 is 29.3 Å². The number of ether oxygens (including phenoxy) is 2. The summed E-state index contributed by atoms with van der Waals surface area (Å²) in [7, 11) is 0. The van der Waals surface area contributed by atoms with E-state index in [-0.39, 0.29) is 6.04 Å². The molecule has 1 aromatic heterocycles. The van der Waals surface area contributed by atoms with Gasteiger partial charge in [-0.15, -0.1) is 0 Å². The van der Waals surface area contributed by atoms with Gasteiger partial charge in [0, 0.05) is 10.6 Å². The molecule has 1 amide bonds. The number of hydrogen-bond donors (Lipinski definition) is 1. The second-order valence-electron chi connectivity index (χ2n) is 8.62. The zero-order valence-electron chi connectivity index (χ0n) is 18.2. The van der Waals surface area contributed by atoms with Gasteiger partial charge in [0.05, 0.1) is 23.4 Å². The zero-order chi connectivity index (χ0) is 22.9. The van der Waals surface area contributed by atoms with Gasteiger partial charge in [-0.25, -0.2) is 9.48 Å². The largest absolute Gasteiger partial charge is 0.489 e. The van der Waals surface area contributed by atoms with Gasteiger partial charge in [0.1, 0.15) is 17.0 Å². The summed E-state index contributed by atoms with van der Waals surface area (Å²) in [5.74, 6) is 0.616. The Morgan fingerprint density at radius 1 is 1.16 bits per heavy atom. The molecule has 0 bridgehead atoms. The number of para-hydroxylation sites is 1. The highest BCUT2D eigenvalue weighted by atomic mass is 35.5.